The standard InChI is InChI=1S/C15H14ClNO4/c1-7-8(2)21-9(3)13(7)14(18)17-12-6-10(16)4-5-11(12)15(19)20/h4-6H,1-3H3,(H,17,18)(H,19,20). The van der Waals surface area contributed by atoms with Crippen LogP contribution < -0.4 is 5.32 Å². The van der Waals surface area contributed by atoms with E-state index in [-0.39, 0.29) is 11.3 Å². The van der Waals surface area contributed by atoms with Crippen LogP contribution in [0.25, 0.3) is 0 Å². The molecule has 1 aromatic heterocycles. The van der Waals surface area contributed by atoms with Crippen molar-refractivity contribution in [2.75, 3.05) is 5.32 Å². The summed E-state index contributed by atoms with van der Waals surface area (Å²) in [6.07, 6.45) is 0. The molecule has 0 bridgehead atoms. The van der Waals surface area contributed by atoms with Gasteiger partial charge in [-0.1, -0.05) is 11.6 Å². The second kappa shape index (κ2) is 5.61. The van der Waals surface area contributed by atoms with Gasteiger partial charge < -0.3 is 14.8 Å². The molecule has 0 aliphatic rings. The minimum absolute atomic E-state index is 0.0247. The van der Waals surface area contributed by atoms with Gasteiger partial charge in [-0.3, -0.25) is 4.79 Å². The van der Waals surface area contributed by atoms with E-state index in [1.54, 1.807) is 20.8 Å². The van der Waals surface area contributed by atoms with Gasteiger partial charge in [0, 0.05) is 10.6 Å². The number of carbonyl (C=O) groups excluding carboxylic acids is 1. The first-order valence-corrected chi connectivity index (χ1v) is 6.60. The van der Waals surface area contributed by atoms with E-state index < -0.39 is 11.9 Å². The van der Waals surface area contributed by atoms with Crippen molar-refractivity contribution < 1.29 is 19.1 Å². The fraction of sp³-hybridized carbons (Fsp3) is 0.200. The zero-order valence-corrected chi connectivity index (χ0v) is 12.5. The Morgan fingerprint density at radius 2 is 1.86 bits per heavy atom. The van der Waals surface area contributed by atoms with Gasteiger partial charge in [0.05, 0.1) is 16.8 Å². The Morgan fingerprint density at radius 3 is 2.38 bits per heavy atom. The van der Waals surface area contributed by atoms with Crippen LogP contribution in [-0.4, -0.2) is 17.0 Å². The molecule has 0 spiro atoms. The highest BCUT2D eigenvalue weighted by Crippen LogP contribution is 2.25. The van der Waals surface area contributed by atoms with Crippen LogP contribution in [0.4, 0.5) is 5.69 Å². The molecule has 2 aromatic rings. The van der Waals surface area contributed by atoms with Crippen molar-refractivity contribution in [3.8, 4) is 0 Å². The first-order chi connectivity index (χ1) is 9.81. The first-order valence-electron chi connectivity index (χ1n) is 6.22. The molecule has 2 N–H and O–H groups in total. The number of carboxylic acid groups (broad SMARTS) is 1. The van der Waals surface area contributed by atoms with Crippen LogP contribution in [0.1, 0.15) is 37.8 Å². The summed E-state index contributed by atoms with van der Waals surface area (Å²) in [6.45, 7) is 5.23. The van der Waals surface area contributed by atoms with E-state index in [0.29, 0.717) is 22.1 Å². The van der Waals surface area contributed by atoms with E-state index in [4.69, 9.17) is 21.1 Å². The zero-order valence-electron chi connectivity index (χ0n) is 11.8. The number of amides is 1. The number of carboxylic acids is 1. The Labute approximate surface area is 126 Å². The van der Waals surface area contributed by atoms with Crippen LogP contribution in [0.2, 0.25) is 5.02 Å². The van der Waals surface area contributed by atoms with E-state index in [0.717, 1.165) is 5.56 Å². The predicted octanol–water partition coefficient (Wildman–Crippen LogP) is 3.81. The average Bonchev–Trinajstić information content (AvgIpc) is 2.62. The summed E-state index contributed by atoms with van der Waals surface area (Å²) in [6, 6.07) is 4.21. The van der Waals surface area contributed by atoms with Gasteiger partial charge in [-0.25, -0.2) is 4.79 Å². The third-order valence-corrected chi connectivity index (χ3v) is 3.48. The van der Waals surface area contributed by atoms with Gasteiger partial charge in [0.2, 0.25) is 0 Å². The highest BCUT2D eigenvalue weighted by Gasteiger charge is 2.20. The lowest BCUT2D eigenvalue weighted by Gasteiger charge is -2.09. The van der Waals surface area contributed by atoms with Crippen LogP contribution in [-0.2, 0) is 0 Å². The summed E-state index contributed by atoms with van der Waals surface area (Å²) < 4.78 is 5.40. The number of nitrogens with one attached hydrogen (secondary N) is 1. The van der Waals surface area contributed by atoms with Gasteiger partial charge in [0.15, 0.2) is 0 Å². The Balaban J connectivity index is 2.40. The summed E-state index contributed by atoms with van der Waals surface area (Å²) in [5.74, 6) is -0.422. The van der Waals surface area contributed by atoms with E-state index in [1.165, 1.54) is 18.2 Å². The van der Waals surface area contributed by atoms with Crippen LogP contribution >= 0.6 is 11.6 Å². The Hall–Kier alpha value is -2.27. The van der Waals surface area contributed by atoms with Gasteiger partial charge in [-0.15, -0.1) is 0 Å². The second-order valence-electron chi connectivity index (χ2n) is 4.66. The van der Waals surface area contributed by atoms with Gasteiger partial charge >= 0.3 is 5.97 Å². The second-order valence-corrected chi connectivity index (χ2v) is 5.10. The molecule has 0 atom stereocenters. The molecular formula is C15H14ClNO4. The number of rotatable bonds is 3. The summed E-state index contributed by atoms with van der Waals surface area (Å²) in [7, 11) is 0. The molecule has 1 aromatic carbocycles. The SMILES string of the molecule is Cc1oc(C)c(C(=O)Nc2cc(Cl)ccc2C(=O)O)c1C. The zero-order chi connectivity index (χ0) is 15.7. The van der Waals surface area contributed by atoms with Crippen molar-refractivity contribution in [1.82, 2.24) is 0 Å². The normalized spacial score (nSPS) is 10.5. The Bertz CT molecular complexity index is 734. The van der Waals surface area contributed by atoms with Crippen molar-refractivity contribution in [2.24, 2.45) is 0 Å². The Kier molecular flexibility index (Phi) is 4.04. The van der Waals surface area contributed by atoms with Crippen molar-refractivity contribution in [2.45, 2.75) is 20.8 Å². The molecule has 2 rings (SSSR count). The van der Waals surface area contributed by atoms with Crippen LogP contribution in [0.15, 0.2) is 22.6 Å². The molecule has 0 fully saturated rings. The number of halogens is 1. The number of carbonyl (C=O) groups is 2. The van der Waals surface area contributed by atoms with Crippen LogP contribution in [0.5, 0.6) is 0 Å². The molecule has 0 unspecified atom stereocenters. The number of aryl methyl sites for hydroxylation is 2. The van der Waals surface area contributed by atoms with Crippen molar-refractivity contribution in [3.05, 3.63) is 51.4 Å². The lowest BCUT2D eigenvalue weighted by molar-refractivity contribution is 0.0698. The number of aromatic carboxylic acids is 1. The molecule has 1 heterocycles. The largest absolute Gasteiger partial charge is 0.478 e. The maximum Gasteiger partial charge on any atom is 0.337 e. The molecule has 21 heavy (non-hydrogen) atoms. The molecule has 0 saturated carbocycles. The monoisotopic (exact) mass is 307 g/mol. The number of benzene rings is 1. The topological polar surface area (TPSA) is 79.5 Å². The lowest BCUT2D eigenvalue weighted by Crippen LogP contribution is -2.16. The van der Waals surface area contributed by atoms with Gasteiger partial charge in [-0.2, -0.15) is 0 Å². The highest BCUT2D eigenvalue weighted by atomic mass is 35.5. The maximum absolute atomic E-state index is 12.3. The van der Waals surface area contributed by atoms with Crippen molar-refractivity contribution >= 4 is 29.2 Å². The van der Waals surface area contributed by atoms with E-state index in [9.17, 15) is 9.59 Å². The number of hydrogen-bond acceptors (Lipinski definition) is 3. The molecular weight excluding hydrogens is 294 g/mol. The first kappa shape index (κ1) is 15.1. The lowest BCUT2D eigenvalue weighted by atomic mass is 10.1. The molecule has 0 aliphatic carbocycles. The van der Waals surface area contributed by atoms with Crippen molar-refractivity contribution in [1.29, 1.82) is 0 Å². The summed E-state index contributed by atoms with van der Waals surface area (Å²) in [5.41, 5.74) is 1.26. The van der Waals surface area contributed by atoms with Crippen LogP contribution in [0.3, 0.4) is 0 Å². The van der Waals surface area contributed by atoms with Gasteiger partial charge in [0.1, 0.15) is 11.5 Å². The number of furan rings is 1. The molecule has 6 heteroatoms. The third-order valence-electron chi connectivity index (χ3n) is 3.25. The maximum atomic E-state index is 12.3. The van der Waals surface area contributed by atoms with E-state index in [1.807, 2.05) is 0 Å². The molecule has 5 nitrogen and oxygen atoms in total. The summed E-state index contributed by atoms with van der Waals surface area (Å²) >= 11 is 5.85. The van der Waals surface area contributed by atoms with Crippen LogP contribution in [0, 0.1) is 20.8 Å². The molecule has 0 radical (unpaired) electrons. The van der Waals surface area contributed by atoms with Crippen molar-refractivity contribution in [3.63, 3.8) is 0 Å². The molecule has 110 valence electrons. The highest BCUT2D eigenvalue weighted by molar-refractivity contribution is 6.31. The summed E-state index contributed by atoms with van der Waals surface area (Å²) in [5, 5.41) is 12.1. The Morgan fingerprint density at radius 1 is 1.19 bits per heavy atom. The fourth-order valence-corrected chi connectivity index (χ4v) is 2.29. The smallest absolute Gasteiger partial charge is 0.337 e. The average molecular weight is 308 g/mol. The van der Waals surface area contributed by atoms with Gasteiger partial charge in [0.25, 0.3) is 5.91 Å². The number of anilines is 1. The van der Waals surface area contributed by atoms with Gasteiger partial charge in [-0.05, 0) is 39.0 Å². The fourth-order valence-electron chi connectivity index (χ4n) is 2.12. The predicted molar refractivity (Wildman–Crippen MR) is 79.3 cm³/mol. The van der Waals surface area contributed by atoms with E-state index in [2.05, 4.69) is 5.32 Å². The molecule has 0 saturated heterocycles. The third kappa shape index (κ3) is 2.92. The minimum Gasteiger partial charge on any atom is -0.478 e. The minimum atomic E-state index is -1.14. The quantitative estimate of drug-likeness (QED) is 0.903. The van der Waals surface area contributed by atoms with E-state index >= 15 is 0 Å². The molecule has 1 amide bonds. The number of hydrogen-bond donors (Lipinski definition) is 2. The molecule has 0 aliphatic heterocycles. The summed E-state index contributed by atoms with van der Waals surface area (Å²) in [4.78, 5) is 23.5.